The molecule has 0 amide bonds. The molecule has 0 saturated carbocycles. The van der Waals surface area contributed by atoms with Crippen LogP contribution in [0, 0.1) is 5.41 Å². The van der Waals surface area contributed by atoms with Crippen LogP contribution in [0.2, 0.25) is 0 Å². The molecule has 0 atom stereocenters. The zero-order chi connectivity index (χ0) is 9.42. The molecule has 2 aromatic rings. The lowest BCUT2D eigenvalue weighted by Crippen LogP contribution is -2.09. The zero-order valence-electron chi connectivity index (χ0n) is 6.61. The third kappa shape index (κ3) is 1.33. The fraction of sp³-hybridized carbons (Fsp3) is 0. The van der Waals surface area contributed by atoms with Crippen molar-refractivity contribution in [2.75, 3.05) is 0 Å². The SMILES string of the molecule is N=C(N)c1nc2ccc(O)cc2s1. The summed E-state index contributed by atoms with van der Waals surface area (Å²) in [5.74, 6) is 0.159. The Bertz CT molecular complexity index is 477. The van der Waals surface area contributed by atoms with Gasteiger partial charge in [-0.2, -0.15) is 0 Å². The third-order valence-electron chi connectivity index (χ3n) is 1.60. The summed E-state index contributed by atoms with van der Waals surface area (Å²) in [4.78, 5) is 4.11. The van der Waals surface area contributed by atoms with Gasteiger partial charge >= 0.3 is 0 Å². The molecule has 0 spiro atoms. The lowest BCUT2D eigenvalue weighted by Gasteiger charge is -1.87. The highest BCUT2D eigenvalue weighted by molar-refractivity contribution is 7.20. The van der Waals surface area contributed by atoms with Gasteiger partial charge in [0.25, 0.3) is 0 Å². The Kier molecular flexibility index (Phi) is 1.66. The van der Waals surface area contributed by atoms with Crippen molar-refractivity contribution in [1.29, 1.82) is 5.41 Å². The molecule has 2 rings (SSSR count). The van der Waals surface area contributed by atoms with Crippen LogP contribution < -0.4 is 5.73 Å². The van der Waals surface area contributed by atoms with Gasteiger partial charge in [-0.25, -0.2) is 4.98 Å². The number of nitrogens with one attached hydrogen (secondary N) is 1. The molecule has 13 heavy (non-hydrogen) atoms. The van der Waals surface area contributed by atoms with Gasteiger partial charge in [-0.15, -0.1) is 11.3 Å². The average molecular weight is 193 g/mol. The Morgan fingerprint density at radius 1 is 1.54 bits per heavy atom. The van der Waals surface area contributed by atoms with Gasteiger partial charge in [-0.1, -0.05) is 0 Å². The highest BCUT2D eigenvalue weighted by Gasteiger charge is 2.05. The Morgan fingerprint density at radius 2 is 2.31 bits per heavy atom. The second kappa shape index (κ2) is 2.70. The second-order valence-electron chi connectivity index (χ2n) is 2.58. The maximum absolute atomic E-state index is 9.17. The van der Waals surface area contributed by atoms with Crippen molar-refractivity contribution >= 4 is 27.4 Å². The minimum Gasteiger partial charge on any atom is -0.508 e. The number of nitrogen functional groups attached to an aromatic ring is 1. The number of benzene rings is 1. The van der Waals surface area contributed by atoms with Crippen molar-refractivity contribution in [3.8, 4) is 5.75 Å². The predicted molar refractivity (Wildman–Crippen MR) is 52.3 cm³/mol. The maximum atomic E-state index is 9.17. The van der Waals surface area contributed by atoms with Gasteiger partial charge in [-0.3, -0.25) is 5.41 Å². The van der Waals surface area contributed by atoms with Gasteiger partial charge in [0.1, 0.15) is 5.75 Å². The molecule has 5 heteroatoms. The van der Waals surface area contributed by atoms with E-state index in [2.05, 4.69) is 4.98 Å². The Balaban J connectivity index is 2.68. The second-order valence-corrected chi connectivity index (χ2v) is 3.62. The molecule has 4 N–H and O–H groups in total. The Morgan fingerprint density at radius 3 is 3.00 bits per heavy atom. The van der Waals surface area contributed by atoms with E-state index in [1.165, 1.54) is 11.3 Å². The predicted octanol–water partition coefficient (Wildman–Crippen LogP) is 1.29. The monoisotopic (exact) mass is 193 g/mol. The lowest BCUT2D eigenvalue weighted by molar-refractivity contribution is 0.476. The number of amidine groups is 1. The molecule has 0 radical (unpaired) electrons. The first kappa shape index (κ1) is 8.00. The van der Waals surface area contributed by atoms with E-state index >= 15 is 0 Å². The molecule has 0 aliphatic carbocycles. The van der Waals surface area contributed by atoms with E-state index in [1.807, 2.05) is 0 Å². The topological polar surface area (TPSA) is 83.0 Å². The van der Waals surface area contributed by atoms with Crippen molar-refractivity contribution in [1.82, 2.24) is 4.98 Å². The number of aromatic hydroxyl groups is 1. The third-order valence-corrected chi connectivity index (χ3v) is 2.65. The smallest absolute Gasteiger partial charge is 0.159 e. The first-order chi connectivity index (χ1) is 6.16. The minimum absolute atomic E-state index is 0.0410. The van der Waals surface area contributed by atoms with E-state index in [9.17, 15) is 5.11 Å². The molecule has 1 aromatic carbocycles. The normalized spacial score (nSPS) is 10.5. The van der Waals surface area contributed by atoms with Crippen molar-refractivity contribution in [2.45, 2.75) is 0 Å². The van der Waals surface area contributed by atoms with Crippen molar-refractivity contribution in [3.63, 3.8) is 0 Å². The van der Waals surface area contributed by atoms with Gasteiger partial charge in [0, 0.05) is 0 Å². The zero-order valence-corrected chi connectivity index (χ0v) is 7.43. The minimum atomic E-state index is -0.0410. The molecule has 4 nitrogen and oxygen atoms in total. The summed E-state index contributed by atoms with van der Waals surface area (Å²) >= 11 is 1.30. The number of rotatable bonds is 1. The van der Waals surface area contributed by atoms with Crippen LogP contribution in [-0.4, -0.2) is 15.9 Å². The molecular formula is C8H7N3OS. The Hall–Kier alpha value is -1.62. The van der Waals surface area contributed by atoms with Crippen LogP contribution >= 0.6 is 11.3 Å². The van der Waals surface area contributed by atoms with E-state index in [4.69, 9.17) is 11.1 Å². The summed E-state index contributed by atoms with van der Waals surface area (Å²) in [5, 5.41) is 16.8. The molecule has 1 heterocycles. The van der Waals surface area contributed by atoms with Gasteiger partial charge in [-0.05, 0) is 18.2 Å². The highest BCUT2D eigenvalue weighted by atomic mass is 32.1. The number of aromatic nitrogens is 1. The summed E-state index contributed by atoms with van der Waals surface area (Å²) in [5.41, 5.74) is 6.04. The van der Waals surface area contributed by atoms with Crippen LogP contribution in [0.4, 0.5) is 0 Å². The van der Waals surface area contributed by atoms with E-state index in [0.29, 0.717) is 5.01 Å². The van der Waals surface area contributed by atoms with Crippen LogP contribution in [0.15, 0.2) is 18.2 Å². The van der Waals surface area contributed by atoms with E-state index in [1.54, 1.807) is 18.2 Å². The fourth-order valence-corrected chi connectivity index (χ4v) is 1.89. The molecular weight excluding hydrogens is 186 g/mol. The van der Waals surface area contributed by atoms with Gasteiger partial charge in [0.2, 0.25) is 0 Å². The molecule has 1 aromatic heterocycles. The number of nitrogens with zero attached hydrogens (tertiary/aromatic N) is 1. The molecule has 0 unspecified atom stereocenters. The van der Waals surface area contributed by atoms with E-state index in [0.717, 1.165) is 10.2 Å². The van der Waals surface area contributed by atoms with E-state index < -0.39 is 0 Å². The molecule has 0 fully saturated rings. The number of hydrogen-bond donors (Lipinski definition) is 3. The summed E-state index contributed by atoms with van der Waals surface area (Å²) in [6, 6.07) is 4.87. The molecule has 0 bridgehead atoms. The molecule has 66 valence electrons. The largest absolute Gasteiger partial charge is 0.508 e. The van der Waals surface area contributed by atoms with Crippen molar-refractivity contribution in [2.24, 2.45) is 5.73 Å². The molecule has 0 aliphatic rings. The number of fused-ring (bicyclic) bond motifs is 1. The summed E-state index contributed by atoms with van der Waals surface area (Å²) in [7, 11) is 0. The first-order valence-corrected chi connectivity index (χ1v) is 4.42. The fourth-order valence-electron chi connectivity index (χ4n) is 1.03. The summed E-state index contributed by atoms with van der Waals surface area (Å²) in [6.45, 7) is 0. The summed E-state index contributed by atoms with van der Waals surface area (Å²) in [6.07, 6.45) is 0. The average Bonchev–Trinajstić information content (AvgIpc) is 2.46. The van der Waals surface area contributed by atoms with Gasteiger partial charge in [0.15, 0.2) is 10.8 Å². The number of phenols is 1. The van der Waals surface area contributed by atoms with Gasteiger partial charge in [0.05, 0.1) is 10.2 Å². The Labute approximate surface area is 78.2 Å². The van der Waals surface area contributed by atoms with Crippen molar-refractivity contribution < 1.29 is 5.11 Å². The van der Waals surface area contributed by atoms with Crippen molar-refractivity contribution in [3.05, 3.63) is 23.2 Å². The highest BCUT2D eigenvalue weighted by Crippen LogP contribution is 2.25. The quantitative estimate of drug-likeness (QED) is 0.471. The van der Waals surface area contributed by atoms with Crippen LogP contribution in [0.25, 0.3) is 10.2 Å². The van der Waals surface area contributed by atoms with Crippen LogP contribution in [0.5, 0.6) is 5.75 Å². The summed E-state index contributed by atoms with van der Waals surface area (Å²) < 4.78 is 0.838. The number of thiazole rings is 1. The maximum Gasteiger partial charge on any atom is 0.159 e. The number of hydrogen-bond acceptors (Lipinski definition) is 4. The standard InChI is InChI=1S/C8H7N3OS/c9-7(10)8-11-5-2-1-4(12)3-6(5)13-8/h1-3,12H,(H3,9,10). The van der Waals surface area contributed by atoms with Crippen LogP contribution in [-0.2, 0) is 0 Å². The van der Waals surface area contributed by atoms with E-state index in [-0.39, 0.29) is 11.6 Å². The van der Waals surface area contributed by atoms with Crippen LogP contribution in [0.3, 0.4) is 0 Å². The molecule has 0 aliphatic heterocycles. The van der Waals surface area contributed by atoms with Crippen LogP contribution in [0.1, 0.15) is 5.01 Å². The number of phenolic OH excluding ortho intramolecular Hbond substituents is 1. The number of nitrogens with two attached hydrogens (primary N) is 1. The molecule has 0 saturated heterocycles. The first-order valence-electron chi connectivity index (χ1n) is 3.61. The lowest BCUT2D eigenvalue weighted by atomic mass is 10.3. The van der Waals surface area contributed by atoms with Gasteiger partial charge < -0.3 is 10.8 Å².